The third-order valence-corrected chi connectivity index (χ3v) is 6.14. The number of aromatic amines is 1. The Morgan fingerprint density at radius 3 is 2.75 bits per heavy atom. The van der Waals surface area contributed by atoms with Crippen LogP contribution in [-0.2, 0) is 16.4 Å². The number of hydrogen-bond acceptors (Lipinski definition) is 4. The average molecular weight is 398 g/mol. The average Bonchev–Trinajstić information content (AvgIpc) is 3.39. The zero-order valence-corrected chi connectivity index (χ0v) is 16.1. The molecule has 0 aliphatic heterocycles. The van der Waals surface area contributed by atoms with Crippen molar-refractivity contribution in [3.8, 4) is 0 Å². The van der Waals surface area contributed by atoms with Crippen LogP contribution < -0.4 is 10.0 Å². The van der Waals surface area contributed by atoms with Crippen molar-refractivity contribution in [3.63, 3.8) is 0 Å². The number of fused-ring (bicyclic) bond motifs is 1. The third-order valence-electron chi connectivity index (χ3n) is 4.62. The molecule has 1 heterocycles. The molecule has 7 nitrogen and oxygen atoms in total. The largest absolute Gasteiger partial charge is 0.352 e. The standard InChI is InChI=1S/C20H22N4O3S/c25-20(14-5-3-6-16(13-14)28(26,27)24-15-10-11-15)21-12-4-9-19-22-17-7-1-2-8-18(17)23-19/h1-3,5-8,13,15,24H,4,9-12H2,(H,21,25)(H,22,23). The molecule has 1 aromatic heterocycles. The fourth-order valence-electron chi connectivity index (χ4n) is 2.98. The number of benzene rings is 2. The van der Waals surface area contributed by atoms with Gasteiger partial charge in [0.2, 0.25) is 10.0 Å². The van der Waals surface area contributed by atoms with E-state index in [0.717, 1.165) is 36.1 Å². The monoisotopic (exact) mass is 398 g/mol. The van der Waals surface area contributed by atoms with E-state index in [-0.39, 0.29) is 16.8 Å². The summed E-state index contributed by atoms with van der Waals surface area (Å²) in [6.07, 6.45) is 3.18. The van der Waals surface area contributed by atoms with Gasteiger partial charge in [-0.2, -0.15) is 0 Å². The number of hydrogen-bond donors (Lipinski definition) is 3. The Labute approximate surface area is 163 Å². The van der Waals surface area contributed by atoms with E-state index in [9.17, 15) is 13.2 Å². The number of H-pyrrole nitrogens is 1. The highest BCUT2D eigenvalue weighted by molar-refractivity contribution is 7.89. The number of sulfonamides is 1. The molecule has 4 rings (SSSR count). The zero-order valence-electron chi connectivity index (χ0n) is 15.3. The van der Waals surface area contributed by atoms with Gasteiger partial charge in [-0.1, -0.05) is 18.2 Å². The molecule has 8 heteroatoms. The number of aryl methyl sites for hydroxylation is 1. The van der Waals surface area contributed by atoms with Gasteiger partial charge in [-0.15, -0.1) is 0 Å². The van der Waals surface area contributed by atoms with E-state index in [4.69, 9.17) is 0 Å². The summed E-state index contributed by atoms with van der Waals surface area (Å²) < 4.78 is 27.2. The topological polar surface area (TPSA) is 104 Å². The SMILES string of the molecule is O=C(NCCCc1nc2ccccc2[nH]1)c1cccc(S(=O)(=O)NC2CC2)c1. The molecule has 3 aromatic rings. The van der Waals surface area contributed by atoms with Crippen LogP contribution in [0.25, 0.3) is 11.0 Å². The van der Waals surface area contributed by atoms with Crippen molar-refractivity contribution in [1.29, 1.82) is 0 Å². The molecule has 28 heavy (non-hydrogen) atoms. The zero-order chi connectivity index (χ0) is 19.6. The lowest BCUT2D eigenvalue weighted by Gasteiger charge is -2.08. The maximum Gasteiger partial charge on any atom is 0.251 e. The van der Waals surface area contributed by atoms with Gasteiger partial charge in [-0.05, 0) is 49.6 Å². The van der Waals surface area contributed by atoms with Gasteiger partial charge in [0.1, 0.15) is 5.82 Å². The van der Waals surface area contributed by atoms with E-state index >= 15 is 0 Å². The first-order valence-corrected chi connectivity index (χ1v) is 10.8. The summed E-state index contributed by atoms with van der Waals surface area (Å²) in [6.45, 7) is 0.479. The molecule has 146 valence electrons. The maximum absolute atomic E-state index is 12.4. The molecule has 0 unspecified atom stereocenters. The summed E-state index contributed by atoms with van der Waals surface area (Å²) in [4.78, 5) is 20.3. The number of para-hydroxylation sites is 2. The fraction of sp³-hybridized carbons (Fsp3) is 0.300. The van der Waals surface area contributed by atoms with Crippen LogP contribution in [0.3, 0.4) is 0 Å². The molecule has 2 aromatic carbocycles. The lowest BCUT2D eigenvalue weighted by Crippen LogP contribution is -2.27. The summed E-state index contributed by atoms with van der Waals surface area (Å²) in [5.41, 5.74) is 2.26. The summed E-state index contributed by atoms with van der Waals surface area (Å²) in [5.74, 6) is 0.600. The van der Waals surface area contributed by atoms with Crippen molar-refractivity contribution in [2.45, 2.75) is 36.6 Å². The van der Waals surface area contributed by atoms with E-state index in [1.807, 2.05) is 24.3 Å². The van der Waals surface area contributed by atoms with E-state index in [0.29, 0.717) is 18.5 Å². The van der Waals surface area contributed by atoms with Crippen LogP contribution in [0, 0.1) is 0 Å². The van der Waals surface area contributed by atoms with Crippen LogP contribution >= 0.6 is 0 Å². The Kier molecular flexibility index (Phi) is 5.15. The van der Waals surface area contributed by atoms with Crippen LogP contribution in [0.1, 0.15) is 35.4 Å². The van der Waals surface area contributed by atoms with Crippen LogP contribution in [0.15, 0.2) is 53.4 Å². The van der Waals surface area contributed by atoms with Gasteiger partial charge in [-0.3, -0.25) is 4.79 Å². The maximum atomic E-state index is 12.4. The number of amides is 1. The van der Waals surface area contributed by atoms with E-state index in [2.05, 4.69) is 20.0 Å². The van der Waals surface area contributed by atoms with Crippen LogP contribution in [0.5, 0.6) is 0 Å². The fourth-order valence-corrected chi connectivity index (χ4v) is 4.33. The lowest BCUT2D eigenvalue weighted by molar-refractivity contribution is 0.0953. The summed E-state index contributed by atoms with van der Waals surface area (Å²) in [7, 11) is -3.57. The number of imidazole rings is 1. The van der Waals surface area contributed by atoms with Crippen molar-refractivity contribution in [2.75, 3.05) is 6.54 Å². The molecule has 3 N–H and O–H groups in total. The highest BCUT2D eigenvalue weighted by atomic mass is 32.2. The molecule has 1 aliphatic carbocycles. The van der Waals surface area contributed by atoms with Crippen molar-refractivity contribution >= 4 is 27.0 Å². The van der Waals surface area contributed by atoms with Gasteiger partial charge in [0.05, 0.1) is 15.9 Å². The third kappa shape index (κ3) is 4.40. The Balaban J connectivity index is 1.31. The predicted octanol–water partition coefficient (Wildman–Crippen LogP) is 2.37. The molecule has 0 bridgehead atoms. The lowest BCUT2D eigenvalue weighted by atomic mass is 10.2. The quantitative estimate of drug-likeness (QED) is 0.507. The second-order valence-corrected chi connectivity index (χ2v) is 8.70. The Morgan fingerprint density at radius 2 is 1.96 bits per heavy atom. The Morgan fingerprint density at radius 1 is 1.14 bits per heavy atom. The molecular weight excluding hydrogens is 376 g/mol. The van der Waals surface area contributed by atoms with Crippen LogP contribution in [0.2, 0.25) is 0 Å². The normalized spacial score (nSPS) is 14.3. The molecule has 1 amide bonds. The Bertz CT molecular complexity index is 1070. The summed E-state index contributed by atoms with van der Waals surface area (Å²) in [6, 6.07) is 14.0. The number of rotatable bonds is 8. The number of carbonyl (C=O) groups excluding carboxylic acids is 1. The van der Waals surface area contributed by atoms with Gasteiger partial charge in [0.15, 0.2) is 0 Å². The predicted molar refractivity (Wildman–Crippen MR) is 107 cm³/mol. The van der Waals surface area contributed by atoms with Crippen LogP contribution in [0.4, 0.5) is 0 Å². The molecule has 0 spiro atoms. The molecule has 0 saturated heterocycles. The minimum absolute atomic E-state index is 0.0285. The number of nitrogens with one attached hydrogen (secondary N) is 3. The first kappa shape index (κ1) is 18.6. The smallest absolute Gasteiger partial charge is 0.251 e. The number of aromatic nitrogens is 2. The molecule has 1 aliphatic rings. The first-order chi connectivity index (χ1) is 13.5. The molecule has 1 saturated carbocycles. The van der Waals surface area contributed by atoms with E-state index in [1.54, 1.807) is 12.1 Å². The summed E-state index contributed by atoms with van der Waals surface area (Å²) in [5, 5.41) is 2.84. The highest BCUT2D eigenvalue weighted by Crippen LogP contribution is 2.22. The molecular formula is C20H22N4O3S. The van der Waals surface area contributed by atoms with Crippen molar-refractivity contribution in [2.24, 2.45) is 0 Å². The Hall–Kier alpha value is -2.71. The van der Waals surface area contributed by atoms with Gasteiger partial charge in [0.25, 0.3) is 5.91 Å². The summed E-state index contributed by atoms with van der Waals surface area (Å²) >= 11 is 0. The van der Waals surface area contributed by atoms with Gasteiger partial charge in [-0.25, -0.2) is 18.1 Å². The van der Waals surface area contributed by atoms with Gasteiger partial charge in [0, 0.05) is 24.6 Å². The van der Waals surface area contributed by atoms with Crippen molar-refractivity contribution in [1.82, 2.24) is 20.0 Å². The molecule has 0 radical (unpaired) electrons. The number of nitrogens with zero attached hydrogens (tertiary/aromatic N) is 1. The minimum atomic E-state index is -3.57. The van der Waals surface area contributed by atoms with Gasteiger partial charge < -0.3 is 10.3 Å². The van der Waals surface area contributed by atoms with Crippen LogP contribution in [-0.4, -0.2) is 36.9 Å². The van der Waals surface area contributed by atoms with E-state index in [1.165, 1.54) is 12.1 Å². The van der Waals surface area contributed by atoms with Crippen molar-refractivity contribution < 1.29 is 13.2 Å². The molecule has 1 fully saturated rings. The second kappa shape index (κ2) is 7.73. The highest BCUT2D eigenvalue weighted by Gasteiger charge is 2.28. The van der Waals surface area contributed by atoms with Gasteiger partial charge >= 0.3 is 0 Å². The van der Waals surface area contributed by atoms with Crippen molar-refractivity contribution in [3.05, 3.63) is 59.9 Å². The first-order valence-electron chi connectivity index (χ1n) is 9.35. The number of carbonyl (C=O) groups is 1. The minimum Gasteiger partial charge on any atom is -0.352 e. The van der Waals surface area contributed by atoms with E-state index < -0.39 is 10.0 Å². The molecule has 0 atom stereocenters. The second-order valence-electron chi connectivity index (χ2n) is 6.98.